The van der Waals surface area contributed by atoms with Crippen molar-refractivity contribution in [2.45, 2.75) is 25.3 Å². The van der Waals surface area contributed by atoms with Gasteiger partial charge in [-0.15, -0.1) is 17.0 Å². The number of fused-ring (bicyclic) bond motifs is 1. The summed E-state index contributed by atoms with van der Waals surface area (Å²) in [6, 6.07) is -0.124. The molecular weight excluding hydrogens is 224 g/mol. The van der Waals surface area contributed by atoms with E-state index in [2.05, 4.69) is 5.16 Å². The average molecular weight is 235 g/mol. The molecule has 5 heteroatoms. The summed E-state index contributed by atoms with van der Waals surface area (Å²) < 4.78 is 4.94. The lowest BCUT2D eigenvalue weighted by Crippen LogP contribution is -2.22. The van der Waals surface area contributed by atoms with Crippen molar-refractivity contribution in [3.05, 3.63) is 21.7 Å². The van der Waals surface area contributed by atoms with Crippen molar-refractivity contribution in [1.29, 1.82) is 0 Å². The molecular formula is C7H11BrN2O2. The summed E-state index contributed by atoms with van der Waals surface area (Å²) in [5.74, 6) is 0.744. The van der Waals surface area contributed by atoms with Gasteiger partial charge in [0.2, 0.25) is 0 Å². The molecule has 1 aliphatic carbocycles. The molecule has 1 aromatic rings. The zero-order chi connectivity index (χ0) is 7.84. The smallest absolute Gasteiger partial charge is 0.284 e. The van der Waals surface area contributed by atoms with E-state index in [1.54, 1.807) is 0 Å². The van der Waals surface area contributed by atoms with Crippen molar-refractivity contribution >= 4 is 17.0 Å². The molecule has 2 rings (SSSR count). The van der Waals surface area contributed by atoms with Gasteiger partial charge in [0.05, 0.1) is 5.56 Å². The number of H-pyrrole nitrogens is 1. The zero-order valence-electron chi connectivity index (χ0n) is 6.50. The first-order chi connectivity index (χ1) is 5.29. The zero-order valence-corrected chi connectivity index (χ0v) is 8.21. The fraction of sp³-hybridized carbons (Fsp3) is 0.571. The SMILES string of the molecule is Br.NC1CCCc2o[nH]c(=O)c21. The van der Waals surface area contributed by atoms with E-state index >= 15 is 0 Å². The second-order valence-corrected chi connectivity index (χ2v) is 2.87. The molecule has 0 aliphatic heterocycles. The van der Waals surface area contributed by atoms with Crippen LogP contribution >= 0.6 is 17.0 Å². The molecule has 0 saturated heterocycles. The van der Waals surface area contributed by atoms with Crippen LogP contribution in [-0.4, -0.2) is 5.16 Å². The number of aryl methyl sites for hydroxylation is 1. The lowest BCUT2D eigenvalue weighted by molar-refractivity contribution is 0.363. The highest BCUT2D eigenvalue weighted by atomic mass is 79.9. The van der Waals surface area contributed by atoms with Gasteiger partial charge in [0.15, 0.2) is 0 Å². The molecule has 0 fully saturated rings. The third kappa shape index (κ3) is 1.34. The number of nitrogens with two attached hydrogens (primary N) is 1. The van der Waals surface area contributed by atoms with Gasteiger partial charge in [0.1, 0.15) is 5.76 Å². The highest BCUT2D eigenvalue weighted by Crippen LogP contribution is 2.24. The molecule has 0 saturated carbocycles. The fourth-order valence-corrected chi connectivity index (χ4v) is 1.53. The molecule has 0 aromatic carbocycles. The highest BCUT2D eigenvalue weighted by molar-refractivity contribution is 8.93. The lowest BCUT2D eigenvalue weighted by Gasteiger charge is -2.14. The molecule has 0 spiro atoms. The van der Waals surface area contributed by atoms with Crippen LogP contribution in [0, 0.1) is 0 Å². The molecule has 12 heavy (non-hydrogen) atoms. The molecule has 68 valence electrons. The minimum Gasteiger partial charge on any atom is -0.383 e. The normalized spacial score (nSPS) is 21.2. The third-order valence-electron chi connectivity index (χ3n) is 2.10. The number of hydrogen-bond acceptors (Lipinski definition) is 3. The van der Waals surface area contributed by atoms with Gasteiger partial charge in [-0.1, -0.05) is 0 Å². The Labute approximate surface area is 79.9 Å². The lowest BCUT2D eigenvalue weighted by atomic mass is 9.94. The van der Waals surface area contributed by atoms with Crippen LogP contribution in [0.3, 0.4) is 0 Å². The number of aromatic amines is 1. The Morgan fingerprint density at radius 1 is 1.58 bits per heavy atom. The highest BCUT2D eigenvalue weighted by Gasteiger charge is 2.23. The second-order valence-electron chi connectivity index (χ2n) is 2.87. The average Bonchev–Trinajstić information content (AvgIpc) is 2.34. The number of nitrogens with one attached hydrogen (secondary N) is 1. The maximum atomic E-state index is 11.0. The number of aromatic nitrogens is 1. The van der Waals surface area contributed by atoms with Crippen molar-refractivity contribution in [2.24, 2.45) is 5.73 Å². The van der Waals surface area contributed by atoms with Gasteiger partial charge in [0, 0.05) is 12.5 Å². The quantitative estimate of drug-likeness (QED) is 0.701. The van der Waals surface area contributed by atoms with Gasteiger partial charge in [-0.3, -0.25) is 4.79 Å². The van der Waals surface area contributed by atoms with Gasteiger partial charge in [-0.05, 0) is 12.8 Å². The Kier molecular flexibility index (Phi) is 2.74. The molecule has 1 atom stereocenters. The van der Waals surface area contributed by atoms with Gasteiger partial charge in [0.25, 0.3) is 5.56 Å². The summed E-state index contributed by atoms with van der Waals surface area (Å²) in [6.07, 6.45) is 2.73. The van der Waals surface area contributed by atoms with Crippen molar-refractivity contribution in [1.82, 2.24) is 5.16 Å². The van der Waals surface area contributed by atoms with E-state index < -0.39 is 0 Å². The van der Waals surface area contributed by atoms with Crippen LogP contribution in [-0.2, 0) is 6.42 Å². The van der Waals surface area contributed by atoms with Crippen LogP contribution < -0.4 is 11.3 Å². The number of hydrogen-bond donors (Lipinski definition) is 2. The first-order valence-corrected chi connectivity index (χ1v) is 3.75. The van der Waals surface area contributed by atoms with Crippen molar-refractivity contribution in [2.75, 3.05) is 0 Å². The Morgan fingerprint density at radius 2 is 2.33 bits per heavy atom. The van der Waals surface area contributed by atoms with Crippen molar-refractivity contribution in [3.8, 4) is 0 Å². The van der Waals surface area contributed by atoms with E-state index in [4.69, 9.17) is 10.3 Å². The Hall–Kier alpha value is -0.550. The van der Waals surface area contributed by atoms with E-state index in [1.807, 2.05) is 0 Å². The van der Waals surface area contributed by atoms with Crippen LogP contribution in [0.4, 0.5) is 0 Å². The minimum absolute atomic E-state index is 0. The van der Waals surface area contributed by atoms with E-state index in [-0.39, 0.29) is 28.6 Å². The summed E-state index contributed by atoms with van der Waals surface area (Å²) in [5.41, 5.74) is 6.20. The maximum Gasteiger partial charge on any atom is 0.284 e. The summed E-state index contributed by atoms with van der Waals surface area (Å²) in [6.45, 7) is 0. The topological polar surface area (TPSA) is 72.0 Å². The van der Waals surface area contributed by atoms with Gasteiger partial charge in [-0.2, -0.15) is 5.16 Å². The summed E-state index contributed by atoms with van der Waals surface area (Å²) >= 11 is 0. The Bertz CT molecular complexity index is 317. The van der Waals surface area contributed by atoms with E-state index in [1.165, 1.54) is 0 Å². The molecule has 1 unspecified atom stereocenters. The van der Waals surface area contributed by atoms with Gasteiger partial charge >= 0.3 is 0 Å². The van der Waals surface area contributed by atoms with E-state index in [0.29, 0.717) is 5.56 Å². The van der Waals surface area contributed by atoms with Gasteiger partial charge < -0.3 is 10.3 Å². The number of rotatable bonds is 0. The summed E-state index contributed by atoms with van der Waals surface area (Å²) in [4.78, 5) is 11.0. The number of halogens is 1. The molecule has 4 nitrogen and oxygen atoms in total. The standard InChI is InChI=1S/C7H10N2O2.BrH/c8-4-2-1-3-5-6(4)7(10)9-11-5;/h4H,1-3,8H2,(H,9,10);1H. The van der Waals surface area contributed by atoms with Crippen LogP contribution in [0.25, 0.3) is 0 Å². The first kappa shape index (κ1) is 9.54. The van der Waals surface area contributed by atoms with Crippen molar-refractivity contribution in [3.63, 3.8) is 0 Å². The largest absolute Gasteiger partial charge is 0.383 e. The first-order valence-electron chi connectivity index (χ1n) is 3.75. The molecule has 3 N–H and O–H groups in total. The van der Waals surface area contributed by atoms with Gasteiger partial charge in [-0.25, -0.2) is 0 Å². The Balaban J connectivity index is 0.000000720. The minimum atomic E-state index is -0.160. The predicted molar refractivity (Wildman–Crippen MR) is 49.5 cm³/mol. The third-order valence-corrected chi connectivity index (χ3v) is 2.10. The molecule has 0 bridgehead atoms. The van der Waals surface area contributed by atoms with Crippen LogP contribution in [0.15, 0.2) is 9.32 Å². The summed E-state index contributed by atoms with van der Waals surface area (Å²) in [5, 5.41) is 2.30. The van der Waals surface area contributed by atoms with E-state index in [9.17, 15) is 4.79 Å². The molecule has 1 aliphatic rings. The maximum absolute atomic E-state index is 11.0. The van der Waals surface area contributed by atoms with E-state index in [0.717, 1.165) is 25.0 Å². The molecule has 1 aromatic heterocycles. The van der Waals surface area contributed by atoms with Crippen LogP contribution in [0.1, 0.15) is 30.2 Å². The molecule has 0 amide bonds. The Morgan fingerprint density at radius 3 is 3.00 bits per heavy atom. The van der Waals surface area contributed by atoms with Crippen LogP contribution in [0.5, 0.6) is 0 Å². The van der Waals surface area contributed by atoms with Crippen LogP contribution in [0.2, 0.25) is 0 Å². The molecule has 1 heterocycles. The van der Waals surface area contributed by atoms with Crippen molar-refractivity contribution < 1.29 is 4.52 Å². The molecule has 0 radical (unpaired) electrons. The fourth-order valence-electron chi connectivity index (χ4n) is 1.53. The summed E-state index contributed by atoms with van der Waals surface area (Å²) in [7, 11) is 0. The monoisotopic (exact) mass is 234 g/mol. The predicted octanol–water partition coefficient (Wildman–Crippen LogP) is 0.882. The second kappa shape index (κ2) is 3.45.